The van der Waals surface area contributed by atoms with Crippen LogP contribution in [0.15, 0.2) is 24.3 Å². The average Bonchev–Trinajstić information content (AvgIpc) is 3.14. The first kappa shape index (κ1) is 19.1. The number of phenolic OH excluding ortho intramolecular Hbond substituents is 1. The van der Waals surface area contributed by atoms with Crippen molar-refractivity contribution in [3.63, 3.8) is 0 Å². The summed E-state index contributed by atoms with van der Waals surface area (Å²) >= 11 is 0. The molecule has 7 nitrogen and oxygen atoms in total. The highest BCUT2D eigenvalue weighted by molar-refractivity contribution is 5.31. The maximum Gasteiger partial charge on any atom is 0.173 e. The largest absolute Gasteiger partial charge is 1.00 e. The van der Waals surface area contributed by atoms with Gasteiger partial charge in [0.15, 0.2) is 5.82 Å². The van der Waals surface area contributed by atoms with Gasteiger partial charge in [-0.1, -0.05) is 31.4 Å². The van der Waals surface area contributed by atoms with Crippen molar-refractivity contribution in [3.8, 4) is 5.75 Å². The highest BCUT2D eigenvalue weighted by Crippen LogP contribution is 2.33. The number of rotatable bonds is 4. The summed E-state index contributed by atoms with van der Waals surface area (Å²) in [4.78, 5) is 2.38. The van der Waals surface area contributed by atoms with Crippen molar-refractivity contribution in [2.24, 2.45) is 0 Å². The molecule has 1 aliphatic heterocycles. The second kappa shape index (κ2) is 8.79. The molecule has 2 aromatic rings. The molecule has 2 heterocycles. The van der Waals surface area contributed by atoms with Crippen LogP contribution in [-0.4, -0.2) is 56.5 Å². The Morgan fingerprint density at radius 2 is 1.73 bits per heavy atom. The SMILES string of the molecule is Oc1ccc(C(c2nnnn2C2CCCCC2)N2CCOCC2)cc1.[Cl-]. The van der Waals surface area contributed by atoms with Crippen molar-refractivity contribution in [3.05, 3.63) is 35.7 Å². The molecule has 2 fully saturated rings. The van der Waals surface area contributed by atoms with Crippen molar-refractivity contribution >= 4 is 0 Å². The molecule has 1 aliphatic carbocycles. The number of halogens is 1. The van der Waals surface area contributed by atoms with E-state index < -0.39 is 0 Å². The molecule has 0 spiro atoms. The Balaban J connectivity index is 0.00000196. The van der Waals surface area contributed by atoms with Crippen LogP contribution in [0.5, 0.6) is 5.75 Å². The summed E-state index contributed by atoms with van der Waals surface area (Å²) in [6.07, 6.45) is 6.07. The number of nitrogens with zero attached hydrogens (tertiary/aromatic N) is 5. The van der Waals surface area contributed by atoms with Gasteiger partial charge in [-0.25, -0.2) is 4.68 Å². The Morgan fingerprint density at radius 3 is 2.42 bits per heavy atom. The number of aromatic nitrogens is 4. The molecule has 1 saturated heterocycles. The molecular formula is C18H25ClN5O2-. The number of aromatic hydroxyl groups is 1. The van der Waals surface area contributed by atoms with E-state index in [4.69, 9.17) is 4.74 Å². The van der Waals surface area contributed by atoms with Crippen LogP contribution < -0.4 is 12.4 Å². The van der Waals surface area contributed by atoms with E-state index in [0.717, 1.165) is 50.5 Å². The maximum absolute atomic E-state index is 9.66. The molecular weight excluding hydrogens is 354 g/mol. The van der Waals surface area contributed by atoms with E-state index in [-0.39, 0.29) is 24.2 Å². The van der Waals surface area contributed by atoms with Crippen molar-refractivity contribution in [1.82, 2.24) is 25.1 Å². The first-order valence-electron chi connectivity index (χ1n) is 9.21. The molecule has 0 radical (unpaired) electrons. The normalized spacial score (nSPS) is 20.5. The number of hydrogen-bond donors (Lipinski definition) is 1. The Bertz CT molecular complexity index is 681. The zero-order valence-electron chi connectivity index (χ0n) is 14.8. The van der Waals surface area contributed by atoms with Crippen LogP contribution in [0.1, 0.15) is 55.6 Å². The Hall–Kier alpha value is -1.70. The molecule has 8 heteroatoms. The van der Waals surface area contributed by atoms with E-state index in [2.05, 4.69) is 20.4 Å². The second-order valence-corrected chi connectivity index (χ2v) is 6.92. The Morgan fingerprint density at radius 1 is 1.04 bits per heavy atom. The lowest BCUT2D eigenvalue weighted by molar-refractivity contribution is -0.00000903. The van der Waals surface area contributed by atoms with Gasteiger partial charge in [0.1, 0.15) is 5.75 Å². The minimum absolute atomic E-state index is 0. The average molecular weight is 379 g/mol. The summed E-state index contributed by atoms with van der Waals surface area (Å²) in [5.74, 6) is 1.18. The van der Waals surface area contributed by atoms with Gasteiger partial charge in [-0.15, -0.1) is 5.10 Å². The van der Waals surface area contributed by atoms with Gasteiger partial charge in [-0.3, -0.25) is 4.90 Å². The number of hydrogen-bond acceptors (Lipinski definition) is 6. The minimum atomic E-state index is -0.0126. The Kier molecular flexibility index (Phi) is 6.45. The number of tetrazole rings is 1. The van der Waals surface area contributed by atoms with Crippen LogP contribution in [0, 0.1) is 0 Å². The molecule has 1 aromatic heterocycles. The predicted molar refractivity (Wildman–Crippen MR) is 92.3 cm³/mol. The molecule has 4 rings (SSSR count). The van der Waals surface area contributed by atoms with Gasteiger partial charge in [0.25, 0.3) is 0 Å². The summed E-state index contributed by atoms with van der Waals surface area (Å²) < 4.78 is 7.58. The van der Waals surface area contributed by atoms with Crippen molar-refractivity contribution in [2.75, 3.05) is 26.3 Å². The molecule has 1 unspecified atom stereocenters. The maximum atomic E-state index is 9.66. The van der Waals surface area contributed by atoms with E-state index in [1.54, 1.807) is 12.1 Å². The number of morpholine rings is 1. The van der Waals surface area contributed by atoms with Crippen LogP contribution in [0.25, 0.3) is 0 Å². The molecule has 0 amide bonds. The minimum Gasteiger partial charge on any atom is -1.00 e. The monoisotopic (exact) mass is 378 g/mol. The van der Waals surface area contributed by atoms with E-state index >= 15 is 0 Å². The fourth-order valence-electron chi connectivity index (χ4n) is 3.98. The smallest absolute Gasteiger partial charge is 0.173 e. The zero-order chi connectivity index (χ0) is 17.1. The number of ether oxygens (including phenoxy) is 1. The van der Waals surface area contributed by atoms with E-state index in [9.17, 15) is 5.11 Å². The van der Waals surface area contributed by atoms with Crippen LogP contribution in [0.2, 0.25) is 0 Å². The van der Waals surface area contributed by atoms with Gasteiger partial charge in [0, 0.05) is 13.1 Å². The standard InChI is InChI=1S/C18H25N5O2.ClH/c24-16-8-6-14(7-9-16)17(22-10-12-25-13-11-22)18-19-20-21-23(18)15-4-2-1-3-5-15;/h6-9,15,17,24H,1-5,10-13H2;1H/p-1. The summed E-state index contributed by atoms with van der Waals surface area (Å²) in [7, 11) is 0. The van der Waals surface area contributed by atoms with E-state index in [1.807, 2.05) is 16.8 Å². The van der Waals surface area contributed by atoms with Crippen LogP contribution in [0.3, 0.4) is 0 Å². The molecule has 0 bridgehead atoms. The lowest BCUT2D eigenvalue weighted by Crippen LogP contribution is -3.00. The highest BCUT2D eigenvalue weighted by Gasteiger charge is 2.31. The summed E-state index contributed by atoms with van der Waals surface area (Å²) in [5, 5.41) is 22.4. The summed E-state index contributed by atoms with van der Waals surface area (Å²) in [5.41, 5.74) is 1.10. The summed E-state index contributed by atoms with van der Waals surface area (Å²) in [6, 6.07) is 7.78. The third-order valence-electron chi connectivity index (χ3n) is 5.30. The summed E-state index contributed by atoms with van der Waals surface area (Å²) in [6.45, 7) is 3.14. The molecule has 1 aromatic carbocycles. The third kappa shape index (κ3) is 4.00. The second-order valence-electron chi connectivity index (χ2n) is 6.92. The van der Waals surface area contributed by atoms with Gasteiger partial charge in [-0.2, -0.15) is 0 Å². The molecule has 1 N–H and O–H groups in total. The predicted octanol–water partition coefficient (Wildman–Crippen LogP) is -0.690. The molecule has 1 saturated carbocycles. The van der Waals surface area contributed by atoms with Gasteiger partial charge >= 0.3 is 0 Å². The van der Waals surface area contributed by atoms with Crippen LogP contribution in [-0.2, 0) is 4.74 Å². The molecule has 142 valence electrons. The first-order valence-corrected chi connectivity index (χ1v) is 9.21. The quantitative estimate of drug-likeness (QED) is 0.759. The van der Waals surface area contributed by atoms with Crippen LogP contribution >= 0.6 is 0 Å². The van der Waals surface area contributed by atoms with Crippen LogP contribution in [0.4, 0.5) is 0 Å². The lowest BCUT2D eigenvalue weighted by atomic mass is 9.95. The molecule has 1 atom stereocenters. The molecule has 26 heavy (non-hydrogen) atoms. The van der Waals surface area contributed by atoms with E-state index in [1.165, 1.54) is 19.3 Å². The highest BCUT2D eigenvalue weighted by atomic mass is 35.5. The van der Waals surface area contributed by atoms with Crippen molar-refractivity contribution < 1.29 is 22.3 Å². The third-order valence-corrected chi connectivity index (χ3v) is 5.30. The van der Waals surface area contributed by atoms with Crippen molar-refractivity contribution in [2.45, 2.75) is 44.2 Å². The zero-order valence-corrected chi connectivity index (χ0v) is 15.6. The van der Waals surface area contributed by atoms with Gasteiger partial charge in [0.2, 0.25) is 0 Å². The fraction of sp³-hybridized carbons (Fsp3) is 0.611. The van der Waals surface area contributed by atoms with Gasteiger partial charge in [0.05, 0.1) is 25.3 Å². The first-order chi connectivity index (χ1) is 12.3. The van der Waals surface area contributed by atoms with Crippen molar-refractivity contribution in [1.29, 1.82) is 0 Å². The topological polar surface area (TPSA) is 76.3 Å². The Labute approximate surface area is 159 Å². The molecule has 2 aliphatic rings. The lowest BCUT2D eigenvalue weighted by Gasteiger charge is -2.35. The fourth-order valence-corrected chi connectivity index (χ4v) is 3.98. The van der Waals surface area contributed by atoms with E-state index in [0.29, 0.717) is 6.04 Å². The van der Waals surface area contributed by atoms with Gasteiger partial charge < -0.3 is 22.3 Å². The number of benzene rings is 1. The number of phenols is 1. The van der Waals surface area contributed by atoms with Gasteiger partial charge in [-0.05, 0) is 41.0 Å².